The molecule has 41 heavy (non-hydrogen) atoms. The Morgan fingerprint density at radius 1 is 0.659 bits per heavy atom. The number of piperidine rings is 1. The van der Waals surface area contributed by atoms with Crippen molar-refractivity contribution in [3.05, 3.63) is 71.8 Å². The van der Waals surface area contributed by atoms with E-state index in [2.05, 4.69) is 108 Å². The first-order valence-corrected chi connectivity index (χ1v) is 14.6. The molecule has 1 saturated heterocycles. The second-order valence-corrected chi connectivity index (χ2v) is 10.3. The minimum Gasteiger partial charge on any atom is -0.351 e. The zero-order chi connectivity index (χ0) is 28.9. The zero-order valence-corrected chi connectivity index (χ0v) is 24.8. The van der Waals surface area contributed by atoms with E-state index in [1.807, 2.05) is 28.2 Å². The Hall–Kier alpha value is -3.35. The topological polar surface area (TPSA) is 126 Å². The molecule has 7 N–H and O–H groups in total. The lowest BCUT2D eigenvalue weighted by atomic mass is 9.90. The maximum atomic E-state index is 4.79. The minimum atomic E-state index is 0.0991. The smallest absolute Gasteiger partial charge is 0.231 e. The zero-order valence-electron chi connectivity index (χ0n) is 24.8. The van der Waals surface area contributed by atoms with Gasteiger partial charge in [-0.1, -0.05) is 60.7 Å². The molecular weight excluding hydrogens is 514 g/mol. The van der Waals surface area contributed by atoms with Crippen LogP contribution in [0.25, 0.3) is 0 Å². The molecule has 11 heteroatoms. The fourth-order valence-electron chi connectivity index (χ4n) is 5.11. The molecule has 0 atom stereocenters. The average Bonchev–Trinajstić information content (AvgIpc) is 3.03. The molecule has 0 unspecified atom stereocenters. The fourth-order valence-corrected chi connectivity index (χ4v) is 5.11. The number of aromatic nitrogens is 3. The van der Waals surface area contributed by atoms with Crippen molar-refractivity contribution in [2.24, 2.45) is 0 Å². The molecule has 1 aliphatic heterocycles. The molecule has 222 valence electrons. The van der Waals surface area contributed by atoms with Crippen LogP contribution in [0.15, 0.2) is 60.7 Å². The summed E-state index contributed by atoms with van der Waals surface area (Å²) in [7, 11) is 7.68. The van der Waals surface area contributed by atoms with Crippen LogP contribution in [-0.4, -0.2) is 94.2 Å². The second-order valence-electron chi connectivity index (χ2n) is 10.3. The van der Waals surface area contributed by atoms with Crippen molar-refractivity contribution in [1.82, 2.24) is 41.5 Å². The summed E-state index contributed by atoms with van der Waals surface area (Å²) in [6.07, 6.45) is 2.25. The molecule has 1 aliphatic rings. The van der Waals surface area contributed by atoms with E-state index in [0.717, 1.165) is 32.5 Å². The van der Waals surface area contributed by atoms with Crippen molar-refractivity contribution < 1.29 is 0 Å². The third-order valence-electron chi connectivity index (χ3n) is 7.74. The molecule has 11 nitrogen and oxygen atoms in total. The second kappa shape index (κ2) is 16.2. The Labute approximate surface area is 244 Å². The summed E-state index contributed by atoms with van der Waals surface area (Å²) in [5.41, 5.74) is 2.68. The summed E-state index contributed by atoms with van der Waals surface area (Å²) in [5, 5.41) is 23.5. The van der Waals surface area contributed by atoms with Gasteiger partial charge in [0.1, 0.15) is 0 Å². The number of hydrogen-bond donors (Lipinski definition) is 7. The molecule has 1 fully saturated rings. The number of rotatable bonds is 16. The van der Waals surface area contributed by atoms with Gasteiger partial charge in [-0.15, -0.1) is 0 Å². The van der Waals surface area contributed by atoms with E-state index in [0.29, 0.717) is 42.9 Å². The van der Waals surface area contributed by atoms with Crippen LogP contribution >= 0.6 is 0 Å². The summed E-state index contributed by atoms with van der Waals surface area (Å²) in [6.45, 7) is 3.95. The highest BCUT2D eigenvalue weighted by Crippen LogP contribution is 2.25. The van der Waals surface area contributed by atoms with Gasteiger partial charge >= 0.3 is 0 Å². The lowest BCUT2D eigenvalue weighted by Gasteiger charge is -2.33. The van der Waals surface area contributed by atoms with Gasteiger partial charge in [0.25, 0.3) is 0 Å². The van der Waals surface area contributed by atoms with Gasteiger partial charge in [0.2, 0.25) is 17.8 Å². The Morgan fingerprint density at radius 2 is 1.12 bits per heavy atom. The van der Waals surface area contributed by atoms with Gasteiger partial charge in [-0.3, -0.25) is 0 Å². The van der Waals surface area contributed by atoms with Crippen molar-refractivity contribution in [3.63, 3.8) is 0 Å². The average molecular weight is 562 g/mol. The molecule has 1 aromatic heterocycles. The summed E-state index contributed by atoms with van der Waals surface area (Å²) in [4.78, 5) is 16.5. The molecule has 0 amide bonds. The molecule has 0 bridgehead atoms. The molecule has 4 rings (SSSR count). The van der Waals surface area contributed by atoms with Crippen molar-refractivity contribution in [1.29, 1.82) is 0 Å². The number of hydrogen-bond acceptors (Lipinski definition) is 11. The number of nitrogens with one attached hydrogen (secondary N) is 7. The minimum absolute atomic E-state index is 0.0991. The number of likely N-dealkylation sites (N-methyl/N-ethyl adjacent to an activating group) is 4. The fraction of sp³-hybridized carbons (Fsp3) is 0.500. The Kier molecular flexibility index (Phi) is 12.1. The highest BCUT2D eigenvalue weighted by Gasteiger charge is 2.24. The SMILES string of the molecule is CNC(CNc1nc(NCC(NC)NC)nc(N2CCC(NCC(c3ccccc3)c3ccccc3)CC2)n1)NC. The third kappa shape index (κ3) is 9.07. The van der Waals surface area contributed by atoms with Crippen LogP contribution in [-0.2, 0) is 0 Å². The number of nitrogens with zero attached hydrogens (tertiary/aromatic N) is 4. The van der Waals surface area contributed by atoms with Crippen LogP contribution in [0.4, 0.5) is 17.8 Å². The van der Waals surface area contributed by atoms with E-state index in [1.54, 1.807) is 0 Å². The molecule has 0 aliphatic carbocycles. The molecular formula is C30H47N11. The van der Waals surface area contributed by atoms with E-state index >= 15 is 0 Å². The predicted molar refractivity (Wildman–Crippen MR) is 169 cm³/mol. The Balaban J connectivity index is 1.39. The van der Waals surface area contributed by atoms with Crippen LogP contribution in [0.1, 0.15) is 29.9 Å². The lowest BCUT2D eigenvalue weighted by molar-refractivity contribution is 0.407. The van der Waals surface area contributed by atoms with Crippen molar-refractivity contribution >= 4 is 17.8 Å². The number of benzene rings is 2. The van der Waals surface area contributed by atoms with Gasteiger partial charge < -0.3 is 42.1 Å². The number of anilines is 3. The van der Waals surface area contributed by atoms with Crippen LogP contribution in [0, 0.1) is 0 Å². The van der Waals surface area contributed by atoms with Crippen molar-refractivity contribution in [2.75, 3.05) is 76.4 Å². The summed E-state index contributed by atoms with van der Waals surface area (Å²) < 4.78 is 0. The van der Waals surface area contributed by atoms with Gasteiger partial charge in [-0.05, 0) is 52.2 Å². The maximum absolute atomic E-state index is 4.79. The van der Waals surface area contributed by atoms with E-state index < -0.39 is 0 Å². The highest BCUT2D eigenvalue weighted by atomic mass is 15.3. The maximum Gasteiger partial charge on any atom is 0.231 e. The van der Waals surface area contributed by atoms with E-state index in [1.165, 1.54) is 11.1 Å². The Morgan fingerprint density at radius 3 is 1.56 bits per heavy atom. The molecule has 0 radical (unpaired) electrons. The van der Waals surface area contributed by atoms with Gasteiger partial charge in [0.05, 0.1) is 12.3 Å². The van der Waals surface area contributed by atoms with Crippen LogP contribution in [0.3, 0.4) is 0 Å². The normalized spacial score (nSPS) is 14.3. The first-order chi connectivity index (χ1) is 20.1. The summed E-state index contributed by atoms with van der Waals surface area (Å²) in [5.74, 6) is 2.14. The third-order valence-corrected chi connectivity index (χ3v) is 7.74. The van der Waals surface area contributed by atoms with Gasteiger partial charge in [-0.2, -0.15) is 15.0 Å². The van der Waals surface area contributed by atoms with Crippen LogP contribution < -0.4 is 42.1 Å². The van der Waals surface area contributed by atoms with E-state index in [9.17, 15) is 0 Å². The van der Waals surface area contributed by atoms with Crippen molar-refractivity contribution in [3.8, 4) is 0 Å². The first kappa shape index (κ1) is 30.6. The largest absolute Gasteiger partial charge is 0.351 e. The first-order valence-electron chi connectivity index (χ1n) is 14.6. The standard InChI is InChI=1S/C30H47N11/c1-31-26(32-2)20-36-28-38-29(37-21-27(33-3)34-4)40-30(39-28)41-17-15-24(16-18-41)35-19-25(22-11-7-5-8-12-22)23-13-9-6-10-14-23/h5-14,24-27,31-35H,15-21H2,1-4H3,(H2,36,37,38,39,40). The van der Waals surface area contributed by atoms with E-state index in [4.69, 9.17) is 9.97 Å². The summed E-state index contributed by atoms with van der Waals surface area (Å²) >= 11 is 0. The lowest BCUT2D eigenvalue weighted by Crippen LogP contribution is -2.45. The van der Waals surface area contributed by atoms with Crippen molar-refractivity contribution in [2.45, 2.75) is 37.1 Å². The highest BCUT2D eigenvalue weighted by molar-refractivity contribution is 5.44. The molecule has 3 aromatic rings. The quantitative estimate of drug-likeness (QED) is 0.129. The monoisotopic (exact) mass is 561 g/mol. The van der Waals surface area contributed by atoms with Crippen LogP contribution in [0.5, 0.6) is 0 Å². The molecule has 0 saturated carbocycles. The van der Waals surface area contributed by atoms with Gasteiger partial charge in [0, 0.05) is 44.7 Å². The van der Waals surface area contributed by atoms with Crippen LogP contribution in [0.2, 0.25) is 0 Å². The van der Waals surface area contributed by atoms with Gasteiger partial charge in [-0.25, -0.2) is 0 Å². The molecule has 2 heterocycles. The Bertz CT molecular complexity index is 1060. The molecule has 0 spiro atoms. The van der Waals surface area contributed by atoms with Gasteiger partial charge in [0.15, 0.2) is 0 Å². The summed E-state index contributed by atoms with van der Waals surface area (Å²) in [6, 6.07) is 22.0. The van der Waals surface area contributed by atoms with E-state index in [-0.39, 0.29) is 12.3 Å². The molecule has 2 aromatic carbocycles. The predicted octanol–water partition coefficient (Wildman–Crippen LogP) is 1.62.